The molecule has 5 heteroatoms. The molecule has 1 aliphatic rings. The topological polar surface area (TPSA) is 41.6 Å². The van der Waals surface area contributed by atoms with Crippen LogP contribution in [-0.2, 0) is 5.54 Å². The molecule has 1 unspecified atom stereocenters. The van der Waals surface area contributed by atoms with E-state index in [0.717, 1.165) is 5.56 Å². The molecule has 1 atom stereocenters. The van der Waals surface area contributed by atoms with E-state index in [-0.39, 0.29) is 5.54 Å². The predicted molar refractivity (Wildman–Crippen MR) is 77.2 cm³/mol. The number of guanidine groups is 1. The van der Waals surface area contributed by atoms with Crippen LogP contribution in [0.15, 0.2) is 35.8 Å². The lowest BCUT2D eigenvalue weighted by Gasteiger charge is -2.36. The first-order valence-corrected chi connectivity index (χ1v) is 6.38. The first-order valence-electron chi connectivity index (χ1n) is 5.63. The van der Waals surface area contributed by atoms with E-state index in [1.807, 2.05) is 23.1 Å². The van der Waals surface area contributed by atoms with Gasteiger partial charge in [-0.1, -0.05) is 35.3 Å². The molecule has 3 nitrogen and oxygen atoms in total. The lowest BCUT2D eigenvalue weighted by Crippen LogP contribution is -2.47. The van der Waals surface area contributed by atoms with Crippen molar-refractivity contribution in [1.82, 2.24) is 4.90 Å². The van der Waals surface area contributed by atoms with Gasteiger partial charge in [-0.2, -0.15) is 0 Å². The van der Waals surface area contributed by atoms with E-state index in [4.69, 9.17) is 28.9 Å². The summed E-state index contributed by atoms with van der Waals surface area (Å²) in [6.45, 7) is 7.08. The standard InChI is InChI=1S/C13H15Cl2N3/c1-3-6-18-12(16)17-8-13(18,2)9-4-5-10(14)11(15)7-9/h3-5,7H,1,6,8H2,2H3,(H2,16,17). The fraction of sp³-hybridized carbons (Fsp3) is 0.308. The normalized spacial score (nSPS) is 23.1. The highest BCUT2D eigenvalue weighted by atomic mass is 35.5. The molecule has 1 aliphatic heterocycles. The lowest BCUT2D eigenvalue weighted by molar-refractivity contribution is 0.245. The van der Waals surface area contributed by atoms with Crippen molar-refractivity contribution < 1.29 is 0 Å². The van der Waals surface area contributed by atoms with E-state index in [1.165, 1.54) is 0 Å². The highest BCUT2D eigenvalue weighted by molar-refractivity contribution is 6.42. The largest absolute Gasteiger partial charge is 0.370 e. The molecule has 0 bridgehead atoms. The highest BCUT2D eigenvalue weighted by Crippen LogP contribution is 2.35. The maximum atomic E-state index is 6.08. The summed E-state index contributed by atoms with van der Waals surface area (Å²) in [5.41, 5.74) is 6.66. The number of nitrogens with two attached hydrogens (primary N) is 1. The number of hydrogen-bond donors (Lipinski definition) is 1. The van der Waals surface area contributed by atoms with Gasteiger partial charge < -0.3 is 10.6 Å². The van der Waals surface area contributed by atoms with Gasteiger partial charge in [-0.25, -0.2) is 0 Å². The first kappa shape index (κ1) is 13.2. The Morgan fingerprint density at radius 1 is 1.50 bits per heavy atom. The molecule has 2 rings (SSSR count). The second kappa shape index (κ2) is 4.82. The summed E-state index contributed by atoms with van der Waals surface area (Å²) in [7, 11) is 0. The number of nitrogens with zero attached hydrogens (tertiary/aromatic N) is 2. The average molecular weight is 284 g/mol. The SMILES string of the molecule is C=CCN1C(N)=NCC1(C)c1ccc(Cl)c(Cl)c1. The van der Waals surface area contributed by atoms with Gasteiger partial charge in [0.15, 0.2) is 5.96 Å². The molecule has 0 saturated heterocycles. The van der Waals surface area contributed by atoms with Crippen molar-refractivity contribution in [3.63, 3.8) is 0 Å². The van der Waals surface area contributed by atoms with Crippen LogP contribution in [0.5, 0.6) is 0 Å². The zero-order valence-corrected chi connectivity index (χ0v) is 11.7. The van der Waals surface area contributed by atoms with Gasteiger partial charge in [0.1, 0.15) is 0 Å². The maximum absolute atomic E-state index is 6.08. The summed E-state index contributed by atoms with van der Waals surface area (Å²) in [4.78, 5) is 6.33. The molecule has 0 aromatic heterocycles. The molecule has 1 aromatic carbocycles. The van der Waals surface area contributed by atoms with Gasteiger partial charge in [-0.3, -0.25) is 4.99 Å². The zero-order valence-electron chi connectivity index (χ0n) is 10.2. The van der Waals surface area contributed by atoms with Crippen molar-refractivity contribution in [2.24, 2.45) is 10.7 Å². The van der Waals surface area contributed by atoms with Crippen LogP contribution >= 0.6 is 23.2 Å². The van der Waals surface area contributed by atoms with Crippen molar-refractivity contribution in [3.05, 3.63) is 46.5 Å². The van der Waals surface area contributed by atoms with E-state index in [9.17, 15) is 0 Å². The number of halogens is 2. The second-order valence-electron chi connectivity index (χ2n) is 4.48. The molecule has 0 saturated carbocycles. The fourth-order valence-electron chi connectivity index (χ4n) is 2.16. The van der Waals surface area contributed by atoms with Gasteiger partial charge in [-0.05, 0) is 24.6 Å². The third kappa shape index (κ3) is 2.08. The molecule has 1 heterocycles. The molecular weight excluding hydrogens is 269 g/mol. The number of benzene rings is 1. The van der Waals surface area contributed by atoms with Crippen LogP contribution in [0.4, 0.5) is 0 Å². The van der Waals surface area contributed by atoms with Crippen molar-refractivity contribution in [2.75, 3.05) is 13.1 Å². The Morgan fingerprint density at radius 3 is 2.83 bits per heavy atom. The van der Waals surface area contributed by atoms with Crippen LogP contribution in [0.3, 0.4) is 0 Å². The molecule has 0 fully saturated rings. The summed E-state index contributed by atoms with van der Waals surface area (Å²) in [6.07, 6.45) is 1.81. The van der Waals surface area contributed by atoms with Crippen molar-refractivity contribution in [3.8, 4) is 0 Å². The van der Waals surface area contributed by atoms with E-state index in [2.05, 4.69) is 18.5 Å². The Bertz CT molecular complexity index is 513. The molecule has 2 N–H and O–H groups in total. The number of rotatable bonds is 3. The van der Waals surface area contributed by atoms with Crippen LogP contribution in [0.25, 0.3) is 0 Å². The highest BCUT2D eigenvalue weighted by Gasteiger charge is 2.39. The minimum absolute atomic E-state index is 0.299. The first-order chi connectivity index (χ1) is 8.49. The minimum atomic E-state index is -0.299. The van der Waals surface area contributed by atoms with E-state index < -0.39 is 0 Å². The minimum Gasteiger partial charge on any atom is -0.370 e. The lowest BCUT2D eigenvalue weighted by atomic mass is 9.91. The quantitative estimate of drug-likeness (QED) is 0.867. The molecular formula is C13H15Cl2N3. The van der Waals surface area contributed by atoms with Crippen molar-refractivity contribution in [1.29, 1.82) is 0 Å². The molecule has 0 spiro atoms. The van der Waals surface area contributed by atoms with Gasteiger partial charge in [0, 0.05) is 6.54 Å². The van der Waals surface area contributed by atoms with Gasteiger partial charge >= 0.3 is 0 Å². The third-order valence-electron chi connectivity index (χ3n) is 3.27. The molecule has 1 aromatic rings. The van der Waals surface area contributed by atoms with E-state index in [0.29, 0.717) is 29.1 Å². The summed E-state index contributed by atoms with van der Waals surface area (Å²) >= 11 is 12.0. The Morgan fingerprint density at radius 2 is 2.22 bits per heavy atom. The molecule has 0 aliphatic carbocycles. The Labute approximate surface area is 117 Å². The smallest absolute Gasteiger partial charge is 0.192 e. The number of hydrogen-bond acceptors (Lipinski definition) is 3. The van der Waals surface area contributed by atoms with E-state index in [1.54, 1.807) is 6.07 Å². The Hall–Kier alpha value is -1.19. The van der Waals surface area contributed by atoms with Crippen LogP contribution in [0.1, 0.15) is 12.5 Å². The van der Waals surface area contributed by atoms with Crippen LogP contribution in [0.2, 0.25) is 10.0 Å². The van der Waals surface area contributed by atoms with Gasteiger partial charge in [0.25, 0.3) is 0 Å². The molecule has 18 heavy (non-hydrogen) atoms. The van der Waals surface area contributed by atoms with Crippen LogP contribution < -0.4 is 5.73 Å². The van der Waals surface area contributed by atoms with Crippen molar-refractivity contribution >= 4 is 29.2 Å². The molecule has 0 radical (unpaired) electrons. The second-order valence-corrected chi connectivity index (χ2v) is 5.29. The molecule has 0 amide bonds. The Balaban J connectivity index is 2.41. The number of aliphatic imine (C=N–C) groups is 1. The van der Waals surface area contributed by atoms with Gasteiger partial charge in [0.05, 0.1) is 22.1 Å². The third-order valence-corrected chi connectivity index (χ3v) is 4.01. The predicted octanol–water partition coefficient (Wildman–Crippen LogP) is 3.02. The summed E-state index contributed by atoms with van der Waals surface area (Å²) in [6, 6.07) is 5.62. The zero-order chi connectivity index (χ0) is 13.3. The van der Waals surface area contributed by atoms with E-state index >= 15 is 0 Å². The Kier molecular flexibility index (Phi) is 3.55. The van der Waals surface area contributed by atoms with Gasteiger partial charge in [-0.15, -0.1) is 6.58 Å². The summed E-state index contributed by atoms with van der Waals surface area (Å²) < 4.78 is 0. The summed E-state index contributed by atoms with van der Waals surface area (Å²) in [5, 5.41) is 1.09. The average Bonchev–Trinajstić information content (AvgIpc) is 2.62. The van der Waals surface area contributed by atoms with Gasteiger partial charge in [0.2, 0.25) is 0 Å². The fourth-order valence-corrected chi connectivity index (χ4v) is 2.46. The maximum Gasteiger partial charge on any atom is 0.192 e. The van der Waals surface area contributed by atoms with Crippen LogP contribution in [0, 0.1) is 0 Å². The monoisotopic (exact) mass is 283 g/mol. The van der Waals surface area contributed by atoms with Crippen LogP contribution in [-0.4, -0.2) is 23.9 Å². The van der Waals surface area contributed by atoms with Crippen molar-refractivity contribution in [2.45, 2.75) is 12.5 Å². The summed E-state index contributed by atoms with van der Waals surface area (Å²) in [5.74, 6) is 0.531. The molecule has 96 valence electrons.